The standard InChI is InChI=1S/C21H26Cl2N6OS2.3ClH/c1-3-4-7-29(2)11-17-18(16-9-14(22)12-31-16)27-21(32-17)28-20(30)13-8-15(23)19(26-10-13)25-6-5-24;;;/h8-10,12H,3-7,11,24H2,1-2H3,(H,25,26)(H,27,28,30);3*1H. The second-order valence-corrected chi connectivity index (χ2v) is 10.1. The maximum atomic E-state index is 12.8. The highest BCUT2D eigenvalue weighted by Gasteiger charge is 2.19. The van der Waals surface area contributed by atoms with Crippen LogP contribution in [0.15, 0.2) is 23.7 Å². The summed E-state index contributed by atoms with van der Waals surface area (Å²) in [5, 5.41) is 9.34. The van der Waals surface area contributed by atoms with E-state index >= 15 is 0 Å². The molecule has 35 heavy (non-hydrogen) atoms. The summed E-state index contributed by atoms with van der Waals surface area (Å²) in [6.07, 6.45) is 3.74. The van der Waals surface area contributed by atoms with E-state index < -0.39 is 0 Å². The highest BCUT2D eigenvalue weighted by atomic mass is 35.5. The lowest BCUT2D eigenvalue weighted by molar-refractivity contribution is 0.102. The average molecular weight is 623 g/mol. The summed E-state index contributed by atoms with van der Waals surface area (Å²) in [6, 6.07) is 3.48. The van der Waals surface area contributed by atoms with Gasteiger partial charge in [0.2, 0.25) is 0 Å². The Balaban J connectivity index is 0.00000385. The summed E-state index contributed by atoms with van der Waals surface area (Å²) >= 11 is 15.4. The maximum Gasteiger partial charge on any atom is 0.259 e. The van der Waals surface area contributed by atoms with Gasteiger partial charge in [-0.05, 0) is 32.1 Å². The second-order valence-electron chi connectivity index (χ2n) is 7.24. The molecule has 4 N–H and O–H groups in total. The Morgan fingerprint density at radius 2 is 1.97 bits per heavy atom. The second kappa shape index (κ2) is 16.8. The lowest BCUT2D eigenvalue weighted by Gasteiger charge is -2.15. The van der Waals surface area contributed by atoms with Gasteiger partial charge >= 0.3 is 0 Å². The molecule has 1 amide bonds. The Hall–Kier alpha value is -0.880. The molecule has 0 aliphatic heterocycles. The number of amides is 1. The van der Waals surface area contributed by atoms with Crippen molar-refractivity contribution in [2.45, 2.75) is 26.3 Å². The molecule has 0 bridgehead atoms. The van der Waals surface area contributed by atoms with Crippen LogP contribution in [0, 0.1) is 0 Å². The lowest BCUT2D eigenvalue weighted by atomic mass is 10.2. The van der Waals surface area contributed by atoms with Crippen LogP contribution >= 0.6 is 83.1 Å². The van der Waals surface area contributed by atoms with Gasteiger partial charge in [-0.2, -0.15) is 0 Å². The smallest absolute Gasteiger partial charge is 0.259 e. The molecule has 3 heterocycles. The average Bonchev–Trinajstić information content (AvgIpc) is 3.36. The van der Waals surface area contributed by atoms with Gasteiger partial charge < -0.3 is 16.0 Å². The van der Waals surface area contributed by atoms with Gasteiger partial charge in [0.1, 0.15) is 5.82 Å². The molecule has 196 valence electrons. The number of nitrogens with zero attached hydrogens (tertiary/aromatic N) is 3. The third-order valence-corrected chi connectivity index (χ3v) is 7.09. The van der Waals surface area contributed by atoms with Crippen molar-refractivity contribution in [2.24, 2.45) is 5.73 Å². The van der Waals surface area contributed by atoms with Gasteiger partial charge in [-0.15, -0.1) is 48.6 Å². The molecule has 0 atom stereocenters. The molecule has 0 radical (unpaired) electrons. The molecule has 0 unspecified atom stereocenters. The Kier molecular flexibility index (Phi) is 16.4. The number of unbranched alkanes of at least 4 members (excludes halogenated alkanes) is 1. The molecule has 14 heteroatoms. The van der Waals surface area contributed by atoms with E-state index in [1.807, 2.05) is 11.4 Å². The fraction of sp³-hybridized carbons (Fsp3) is 0.381. The fourth-order valence-corrected chi connectivity index (χ4v) is 5.39. The monoisotopic (exact) mass is 620 g/mol. The summed E-state index contributed by atoms with van der Waals surface area (Å²) in [4.78, 5) is 26.1. The zero-order chi connectivity index (χ0) is 23.1. The van der Waals surface area contributed by atoms with Gasteiger partial charge in [0.25, 0.3) is 5.91 Å². The normalized spacial score (nSPS) is 10.2. The largest absolute Gasteiger partial charge is 0.368 e. The van der Waals surface area contributed by atoms with E-state index in [1.165, 1.54) is 28.9 Å². The number of aromatic nitrogens is 2. The van der Waals surface area contributed by atoms with Crippen LogP contribution in [0.5, 0.6) is 0 Å². The molecule has 3 aromatic rings. The molecule has 3 rings (SSSR count). The summed E-state index contributed by atoms with van der Waals surface area (Å²) < 4.78 is 0. The molecule has 7 nitrogen and oxygen atoms in total. The molecule has 0 aromatic carbocycles. The predicted octanol–water partition coefficient (Wildman–Crippen LogP) is 6.69. The first kappa shape index (κ1) is 34.1. The van der Waals surface area contributed by atoms with Gasteiger partial charge in [-0.25, -0.2) is 9.97 Å². The Morgan fingerprint density at radius 3 is 2.57 bits per heavy atom. The van der Waals surface area contributed by atoms with Gasteiger partial charge in [-0.1, -0.05) is 47.9 Å². The summed E-state index contributed by atoms with van der Waals surface area (Å²) in [5.74, 6) is 0.178. The number of hydrogen-bond donors (Lipinski definition) is 3. The molecule has 0 spiro atoms. The number of thiazole rings is 1. The molecular weight excluding hydrogens is 594 g/mol. The third-order valence-electron chi connectivity index (χ3n) is 4.57. The van der Waals surface area contributed by atoms with Crippen molar-refractivity contribution in [1.82, 2.24) is 14.9 Å². The summed E-state index contributed by atoms with van der Waals surface area (Å²) in [7, 11) is 2.09. The predicted molar refractivity (Wildman–Crippen MR) is 158 cm³/mol. The summed E-state index contributed by atoms with van der Waals surface area (Å²) in [6.45, 7) is 4.92. The van der Waals surface area contributed by atoms with Crippen LogP contribution in [0.25, 0.3) is 10.6 Å². The quantitative estimate of drug-likeness (QED) is 0.220. The zero-order valence-electron chi connectivity index (χ0n) is 19.2. The number of nitrogens with two attached hydrogens (primary N) is 1. The maximum absolute atomic E-state index is 12.8. The van der Waals surface area contributed by atoms with Crippen molar-refractivity contribution in [3.63, 3.8) is 0 Å². The minimum atomic E-state index is -0.319. The van der Waals surface area contributed by atoms with E-state index in [1.54, 1.807) is 6.07 Å². The molecule has 0 fully saturated rings. The lowest BCUT2D eigenvalue weighted by Crippen LogP contribution is -2.18. The van der Waals surface area contributed by atoms with E-state index in [-0.39, 0.29) is 43.1 Å². The molecule has 0 aliphatic rings. The summed E-state index contributed by atoms with van der Waals surface area (Å²) in [5.41, 5.74) is 6.69. The van der Waals surface area contributed by atoms with Crippen molar-refractivity contribution in [2.75, 3.05) is 37.3 Å². The first-order valence-corrected chi connectivity index (χ1v) is 12.7. The van der Waals surface area contributed by atoms with Crippen molar-refractivity contribution in [1.29, 1.82) is 0 Å². The van der Waals surface area contributed by atoms with Crippen LogP contribution in [0.2, 0.25) is 10.0 Å². The number of nitrogens with one attached hydrogen (secondary N) is 2. The number of thiophene rings is 1. The van der Waals surface area contributed by atoms with E-state index in [4.69, 9.17) is 33.9 Å². The highest BCUT2D eigenvalue weighted by molar-refractivity contribution is 7.17. The Morgan fingerprint density at radius 1 is 1.23 bits per heavy atom. The molecule has 3 aromatic heterocycles. The van der Waals surface area contributed by atoms with Gasteiger partial charge in [-0.3, -0.25) is 10.1 Å². The van der Waals surface area contributed by atoms with Gasteiger partial charge in [0.15, 0.2) is 5.13 Å². The van der Waals surface area contributed by atoms with Crippen LogP contribution in [0.3, 0.4) is 0 Å². The van der Waals surface area contributed by atoms with E-state index in [0.717, 1.165) is 41.4 Å². The van der Waals surface area contributed by atoms with Crippen LogP contribution in [-0.2, 0) is 6.54 Å². The van der Waals surface area contributed by atoms with Gasteiger partial charge in [0.05, 0.1) is 26.2 Å². The Labute approximate surface area is 242 Å². The number of carbonyl (C=O) groups excluding carboxylic acids is 1. The molecular formula is C21H29Cl5N6OS2. The number of rotatable bonds is 11. The highest BCUT2D eigenvalue weighted by Crippen LogP contribution is 2.37. The number of hydrogen-bond acceptors (Lipinski definition) is 8. The van der Waals surface area contributed by atoms with Crippen LogP contribution in [-0.4, -0.2) is 47.5 Å². The number of anilines is 2. The minimum absolute atomic E-state index is 0. The van der Waals surface area contributed by atoms with Gasteiger partial charge in [0, 0.05) is 36.1 Å². The van der Waals surface area contributed by atoms with E-state index in [9.17, 15) is 4.79 Å². The fourth-order valence-electron chi connectivity index (χ4n) is 2.95. The molecule has 0 saturated carbocycles. The van der Waals surface area contributed by atoms with E-state index in [2.05, 4.69) is 34.5 Å². The SMILES string of the molecule is CCCCN(C)Cc1sc(NC(=O)c2cnc(NCCN)c(Cl)c2)nc1-c1cc(Cl)cs1.Cl.Cl.Cl. The number of carbonyl (C=O) groups is 1. The van der Waals surface area contributed by atoms with Crippen molar-refractivity contribution < 1.29 is 4.79 Å². The van der Waals surface area contributed by atoms with Crippen molar-refractivity contribution in [3.05, 3.63) is 44.2 Å². The first-order valence-electron chi connectivity index (χ1n) is 10.2. The van der Waals surface area contributed by atoms with Crippen LogP contribution < -0.4 is 16.4 Å². The third kappa shape index (κ3) is 9.83. The molecule has 0 aliphatic carbocycles. The first-order chi connectivity index (χ1) is 15.4. The van der Waals surface area contributed by atoms with Crippen molar-refractivity contribution >= 4 is 100.0 Å². The van der Waals surface area contributed by atoms with E-state index in [0.29, 0.717) is 39.6 Å². The minimum Gasteiger partial charge on any atom is -0.368 e. The number of pyridine rings is 1. The molecule has 0 saturated heterocycles. The topological polar surface area (TPSA) is 96.2 Å². The van der Waals surface area contributed by atoms with Crippen LogP contribution in [0.4, 0.5) is 10.9 Å². The van der Waals surface area contributed by atoms with Crippen molar-refractivity contribution in [3.8, 4) is 10.6 Å². The number of halogens is 5. The van der Waals surface area contributed by atoms with Crippen LogP contribution in [0.1, 0.15) is 35.0 Å². The zero-order valence-corrected chi connectivity index (χ0v) is 24.8. The Bertz CT molecular complexity index is 1060.